The van der Waals surface area contributed by atoms with Gasteiger partial charge in [-0.05, 0) is 41.3 Å². The number of aromatic hydroxyl groups is 1. The van der Waals surface area contributed by atoms with Gasteiger partial charge in [0.05, 0.1) is 12.7 Å². The molecule has 0 radical (unpaired) electrons. The Hall–Kier alpha value is -2.95. The highest BCUT2D eigenvalue weighted by molar-refractivity contribution is 6.10. The predicted molar refractivity (Wildman–Crippen MR) is 82.3 cm³/mol. The summed E-state index contributed by atoms with van der Waals surface area (Å²) in [5.74, 6) is -1.80. The second kappa shape index (κ2) is 5.68. The van der Waals surface area contributed by atoms with Crippen LogP contribution in [0.5, 0.6) is 5.75 Å². The van der Waals surface area contributed by atoms with Crippen LogP contribution >= 0.6 is 0 Å². The highest BCUT2D eigenvalue weighted by Crippen LogP contribution is 2.38. The third-order valence-electron chi connectivity index (χ3n) is 3.62. The molecule has 0 fully saturated rings. The second-order valence-electron chi connectivity index (χ2n) is 5.01. The molecule has 0 atom stereocenters. The quantitative estimate of drug-likeness (QED) is 0.718. The molecule has 0 aliphatic heterocycles. The standard InChI is InChI=1S/C18H12F2O3/c1-23-18(22)15-9-16(21)14-8-12(20)6-7-13(14)17(15)10-2-4-11(19)5-3-10/h2-9,21H,1H3. The zero-order chi connectivity index (χ0) is 16.6. The van der Waals surface area contributed by atoms with Crippen LogP contribution in [0.4, 0.5) is 8.78 Å². The minimum absolute atomic E-state index is 0.121. The number of carbonyl (C=O) groups is 1. The topological polar surface area (TPSA) is 46.5 Å². The van der Waals surface area contributed by atoms with Crippen LogP contribution in [0.3, 0.4) is 0 Å². The van der Waals surface area contributed by atoms with Gasteiger partial charge in [-0.3, -0.25) is 0 Å². The van der Waals surface area contributed by atoms with E-state index in [4.69, 9.17) is 4.74 Å². The third kappa shape index (κ3) is 2.61. The lowest BCUT2D eigenvalue weighted by atomic mass is 9.92. The molecule has 0 aliphatic rings. The van der Waals surface area contributed by atoms with E-state index in [1.54, 1.807) is 0 Å². The Morgan fingerprint density at radius 3 is 2.26 bits per heavy atom. The van der Waals surface area contributed by atoms with Gasteiger partial charge in [-0.2, -0.15) is 0 Å². The molecule has 3 nitrogen and oxygen atoms in total. The Morgan fingerprint density at radius 1 is 0.957 bits per heavy atom. The number of phenols is 1. The van der Waals surface area contributed by atoms with Crippen LogP contribution in [0.2, 0.25) is 0 Å². The summed E-state index contributed by atoms with van der Waals surface area (Å²) in [5.41, 5.74) is 1.13. The minimum Gasteiger partial charge on any atom is -0.507 e. The summed E-state index contributed by atoms with van der Waals surface area (Å²) >= 11 is 0. The molecule has 0 saturated heterocycles. The van der Waals surface area contributed by atoms with E-state index < -0.39 is 17.6 Å². The van der Waals surface area contributed by atoms with Gasteiger partial charge in [0.15, 0.2) is 0 Å². The Labute approximate surface area is 130 Å². The van der Waals surface area contributed by atoms with Gasteiger partial charge in [-0.1, -0.05) is 18.2 Å². The molecule has 116 valence electrons. The number of methoxy groups -OCH3 is 1. The zero-order valence-electron chi connectivity index (χ0n) is 12.1. The van der Waals surface area contributed by atoms with Crippen LogP contribution in [0.25, 0.3) is 21.9 Å². The van der Waals surface area contributed by atoms with Crippen LogP contribution in [0, 0.1) is 11.6 Å². The molecule has 3 aromatic carbocycles. The van der Waals surface area contributed by atoms with Crippen molar-refractivity contribution in [2.75, 3.05) is 7.11 Å². The summed E-state index contributed by atoms with van der Waals surface area (Å²) < 4.78 is 31.4. The van der Waals surface area contributed by atoms with E-state index in [1.165, 1.54) is 55.6 Å². The second-order valence-corrected chi connectivity index (χ2v) is 5.01. The van der Waals surface area contributed by atoms with Crippen molar-refractivity contribution in [2.45, 2.75) is 0 Å². The monoisotopic (exact) mass is 314 g/mol. The van der Waals surface area contributed by atoms with E-state index in [-0.39, 0.29) is 16.7 Å². The number of hydrogen-bond acceptors (Lipinski definition) is 3. The van der Waals surface area contributed by atoms with E-state index >= 15 is 0 Å². The normalized spacial score (nSPS) is 10.7. The molecule has 0 heterocycles. The maximum Gasteiger partial charge on any atom is 0.338 e. The molecule has 0 bridgehead atoms. The van der Waals surface area contributed by atoms with Gasteiger partial charge < -0.3 is 9.84 Å². The number of fused-ring (bicyclic) bond motifs is 1. The van der Waals surface area contributed by atoms with Gasteiger partial charge in [0, 0.05) is 10.9 Å². The molecule has 5 heteroatoms. The van der Waals surface area contributed by atoms with Gasteiger partial charge in [-0.15, -0.1) is 0 Å². The third-order valence-corrected chi connectivity index (χ3v) is 3.62. The number of ether oxygens (including phenoxy) is 1. The van der Waals surface area contributed by atoms with Crippen LogP contribution < -0.4 is 0 Å². The Balaban J connectivity index is 2.42. The number of benzene rings is 3. The molecule has 23 heavy (non-hydrogen) atoms. The van der Waals surface area contributed by atoms with Crippen LogP contribution in [0.15, 0.2) is 48.5 Å². The first-order valence-electron chi connectivity index (χ1n) is 6.80. The number of esters is 1. The van der Waals surface area contributed by atoms with Crippen molar-refractivity contribution < 1.29 is 23.4 Å². The average Bonchev–Trinajstić information content (AvgIpc) is 2.55. The number of hydrogen-bond donors (Lipinski definition) is 1. The lowest BCUT2D eigenvalue weighted by molar-refractivity contribution is 0.0601. The van der Waals surface area contributed by atoms with E-state index in [0.717, 1.165) is 0 Å². The van der Waals surface area contributed by atoms with Crippen molar-refractivity contribution in [1.29, 1.82) is 0 Å². The first kappa shape index (κ1) is 15.0. The fourth-order valence-electron chi connectivity index (χ4n) is 2.58. The smallest absolute Gasteiger partial charge is 0.338 e. The first-order valence-corrected chi connectivity index (χ1v) is 6.80. The fraction of sp³-hybridized carbons (Fsp3) is 0.0556. The molecule has 3 rings (SSSR count). The molecular formula is C18H12F2O3. The van der Waals surface area contributed by atoms with Crippen molar-refractivity contribution in [3.8, 4) is 16.9 Å². The molecule has 0 amide bonds. The summed E-state index contributed by atoms with van der Waals surface area (Å²) in [4.78, 5) is 12.1. The summed E-state index contributed by atoms with van der Waals surface area (Å²) in [6.45, 7) is 0. The van der Waals surface area contributed by atoms with Gasteiger partial charge in [0.1, 0.15) is 17.4 Å². The highest BCUT2D eigenvalue weighted by atomic mass is 19.1. The van der Waals surface area contributed by atoms with E-state index in [2.05, 4.69) is 0 Å². The summed E-state index contributed by atoms with van der Waals surface area (Å²) in [7, 11) is 1.22. The first-order chi connectivity index (χ1) is 11.0. The van der Waals surface area contributed by atoms with Gasteiger partial charge in [-0.25, -0.2) is 13.6 Å². The lowest BCUT2D eigenvalue weighted by Crippen LogP contribution is -2.04. The fourth-order valence-corrected chi connectivity index (χ4v) is 2.58. The Morgan fingerprint density at radius 2 is 1.61 bits per heavy atom. The number of phenolic OH excluding ortho intramolecular Hbond substituents is 1. The number of rotatable bonds is 2. The van der Waals surface area contributed by atoms with Gasteiger partial charge in [0.2, 0.25) is 0 Å². The van der Waals surface area contributed by atoms with Crippen molar-refractivity contribution in [1.82, 2.24) is 0 Å². The van der Waals surface area contributed by atoms with Crippen LogP contribution in [-0.2, 0) is 4.74 Å². The molecule has 0 aliphatic carbocycles. The minimum atomic E-state index is -0.647. The lowest BCUT2D eigenvalue weighted by Gasteiger charge is -2.14. The summed E-state index contributed by atoms with van der Waals surface area (Å²) in [6, 6.07) is 10.7. The van der Waals surface area contributed by atoms with Crippen molar-refractivity contribution in [2.24, 2.45) is 0 Å². The molecule has 0 aromatic heterocycles. The Kier molecular flexibility index (Phi) is 3.70. The maximum absolute atomic E-state index is 13.5. The van der Waals surface area contributed by atoms with E-state index in [9.17, 15) is 18.7 Å². The highest BCUT2D eigenvalue weighted by Gasteiger charge is 2.19. The summed E-state index contributed by atoms with van der Waals surface area (Å²) in [6.07, 6.45) is 0. The van der Waals surface area contributed by atoms with Crippen molar-refractivity contribution in [3.63, 3.8) is 0 Å². The van der Waals surface area contributed by atoms with Crippen LogP contribution in [-0.4, -0.2) is 18.2 Å². The Bertz CT molecular complexity index is 902. The van der Waals surface area contributed by atoms with Gasteiger partial charge in [0.25, 0.3) is 0 Å². The summed E-state index contributed by atoms with van der Waals surface area (Å²) in [5, 5.41) is 10.8. The molecule has 0 saturated carbocycles. The van der Waals surface area contributed by atoms with Crippen molar-refractivity contribution in [3.05, 3.63) is 65.7 Å². The SMILES string of the molecule is COC(=O)c1cc(O)c2cc(F)ccc2c1-c1ccc(F)cc1. The predicted octanol–water partition coefficient (Wildman–Crippen LogP) is 4.28. The van der Waals surface area contributed by atoms with E-state index in [0.29, 0.717) is 16.5 Å². The van der Waals surface area contributed by atoms with Gasteiger partial charge >= 0.3 is 5.97 Å². The average molecular weight is 314 g/mol. The molecule has 3 aromatic rings. The van der Waals surface area contributed by atoms with Crippen molar-refractivity contribution >= 4 is 16.7 Å². The molecule has 1 N–H and O–H groups in total. The molecular weight excluding hydrogens is 302 g/mol. The maximum atomic E-state index is 13.5. The zero-order valence-corrected chi connectivity index (χ0v) is 12.1. The molecule has 0 unspecified atom stereocenters. The van der Waals surface area contributed by atoms with E-state index in [1.807, 2.05) is 0 Å². The molecule has 0 spiro atoms. The number of halogens is 2. The van der Waals surface area contributed by atoms with Crippen LogP contribution in [0.1, 0.15) is 10.4 Å². The number of carbonyl (C=O) groups excluding carboxylic acids is 1. The largest absolute Gasteiger partial charge is 0.507 e.